The molecule has 0 aromatic carbocycles. The summed E-state index contributed by atoms with van der Waals surface area (Å²) in [5, 5.41) is 4.22. The molecule has 1 aliphatic heterocycles. The number of nitrogens with one attached hydrogen (secondary N) is 1. The first-order valence-electron chi connectivity index (χ1n) is 4.49. The summed E-state index contributed by atoms with van der Waals surface area (Å²) in [5.74, 6) is 0. The monoisotopic (exact) mass is 206 g/mol. The van der Waals surface area contributed by atoms with Crippen molar-refractivity contribution in [1.82, 2.24) is 10.2 Å². The van der Waals surface area contributed by atoms with Crippen LogP contribution >= 0.6 is 21.6 Å². The number of rotatable bonds is 4. The second-order valence-electron chi connectivity index (χ2n) is 3.20. The van der Waals surface area contributed by atoms with E-state index in [0.717, 1.165) is 11.8 Å². The van der Waals surface area contributed by atoms with E-state index < -0.39 is 0 Å². The van der Waals surface area contributed by atoms with E-state index in [2.05, 4.69) is 31.1 Å². The Bertz CT molecular complexity index is 132. The van der Waals surface area contributed by atoms with Gasteiger partial charge in [0.25, 0.3) is 0 Å². The minimum absolute atomic E-state index is 0.531. The van der Waals surface area contributed by atoms with Gasteiger partial charge in [-0.1, -0.05) is 35.4 Å². The summed E-state index contributed by atoms with van der Waals surface area (Å²) in [6.45, 7) is 6.84. The first-order valence-corrected chi connectivity index (χ1v) is 6.77. The highest BCUT2D eigenvalue weighted by Gasteiger charge is 2.20. The number of hydrogen-bond donors (Lipinski definition) is 1. The normalized spacial score (nSPS) is 27.8. The summed E-state index contributed by atoms with van der Waals surface area (Å²) in [6.07, 6.45) is 1.26. The summed E-state index contributed by atoms with van der Waals surface area (Å²) < 4.78 is 0. The Kier molecular flexibility index (Phi) is 4.79. The standard InChI is InChI=1S/C8H18N2S2/c1-4-7(2)11-12-8-9-5-6-10(8)3/h7-9H,4-6H2,1-3H3. The molecule has 0 radical (unpaired) electrons. The second-order valence-corrected chi connectivity index (χ2v) is 5.99. The summed E-state index contributed by atoms with van der Waals surface area (Å²) in [5.41, 5.74) is 0.531. The minimum atomic E-state index is 0.531. The lowest BCUT2D eigenvalue weighted by Gasteiger charge is -2.19. The fourth-order valence-corrected chi connectivity index (χ4v) is 3.77. The molecular formula is C8H18N2S2. The molecule has 1 fully saturated rings. The topological polar surface area (TPSA) is 15.3 Å². The molecule has 4 heteroatoms. The van der Waals surface area contributed by atoms with Gasteiger partial charge >= 0.3 is 0 Å². The Morgan fingerprint density at radius 3 is 2.92 bits per heavy atom. The number of hydrogen-bond acceptors (Lipinski definition) is 4. The van der Waals surface area contributed by atoms with Crippen molar-refractivity contribution in [2.24, 2.45) is 0 Å². The van der Waals surface area contributed by atoms with Crippen LogP contribution in [0, 0.1) is 0 Å². The van der Waals surface area contributed by atoms with E-state index in [1.807, 2.05) is 21.6 Å². The lowest BCUT2D eigenvalue weighted by molar-refractivity contribution is 0.384. The first-order chi connectivity index (χ1) is 5.74. The predicted octanol–water partition coefficient (Wildman–Crippen LogP) is 1.98. The lowest BCUT2D eigenvalue weighted by atomic mass is 10.4. The summed E-state index contributed by atoms with van der Waals surface area (Å²) in [4.78, 5) is 2.36. The molecule has 0 bridgehead atoms. The molecule has 0 aliphatic carbocycles. The van der Waals surface area contributed by atoms with Crippen LogP contribution in [-0.4, -0.2) is 35.8 Å². The van der Waals surface area contributed by atoms with Crippen LogP contribution in [0.1, 0.15) is 20.3 Å². The predicted molar refractivity (Wildman–Crippen MR) is 59.4 cm³/mol. The third-order valence-electron chi connectivity index (χ3n) is 2.07. The average molecular weight is 206 g/mol. The largest absolute Gasteiger partial charge is 0.291 e. The molecule has 0 aromatic heterocycles. The maximum atomic E-state index is 3.45. The van der Waals surface area contributed by atoms with Gasteiger partial charge in [-0.25, -0.2) is 0 Å². The molecular weight excluding hydrogens is 188 g/mol. The van der Waals surface area contributed by atoms with Crippen molar-refractivity contribution in [2.45, 2.75) is 31.0 Å². The molecule has 1 N–H and O–H groups in total. The number of nitrogens with zero attached hydrogens (tertiary/aromatic N) is 1. The first kappa shape index (κ1) is 10.7. The molecule has 1 saturated heterocycles. The highest BCUT2D eigenvalue weighted by Crippen LogP contribution is 2.33. The molecule has 1 aliphatic rings. The van der Waals surface area contributed by atoms with Crippen molar-refractivity contribution in [2.75, 3.05) is 20.1 Å². The van der Waals surface area contributed by atoms with Crippen LogP contribution in [0.2, 0.25) is 0 Å². The third kappa shape index (κ3) is 3.17. The van der Waals surface area contributed by atoms with E-state index in [4.69, 9.17) is 0 Å². The molecule has 0 aromatic rings. The molecule has 0 saturated carbocycles. The van der Waals surface area contributed by atoms with Crippen LogP contribution in [0.3, 0.4) is 0 Å². The molecule has 1 heterocycles. The molecule has 0 spiro atoms. The Hall–Kier alpha value is 0.620. The maximum Gasteiger partial charge on any atom is 0.118 e. The fourth-order valence-electron chi connectivity index (χ4n) is 0.960. The third-order valence-corrected chi connectivity index (χ3v) is 5.42. The Morgan fingerprint density at radius 2 is 2.42 bits per heavy atom. The average Bonchev–Trinajstić information content (AvgIpc) is 2.47. The van der Waals surface area contributed by atoms with Crippen molar-refractivity contribution in [1.29, 1.82) is 0 Å². The SMILES string of the molecule is CCC(C)SSC1NCCN1C. The molecule has 2 unspecified atom stereocenters. The Labute approximate surface area is 83.2 Å². The molecule has 1 rings (SSSR count). The van der Waals surface area contributed by atoms with E-state index in [0.29, 0.717) is 5.50 Å². The quantitative estimate of drug-likeness (QED) is 0.707. The van der Waals surface area contributed by atoms with Gasteiger partial charge in [-0.2, -0.15) is 0 Å². The molecule has 2 atom stereocenters. The minimum Gasteiger partial charge on any atom is -0.291 e. The van der Waals surface area contributed by atoms with E-state index in [9.17, 15) is 0 Å². The van der Waals surface area contributed by atoms with Crippen LogP contribution in [0.25, 0.3) is 0 Å². The molecule has 72 valence electrons. The fraction of sp³-hybridized carbons (Fsp3) is 1.00. The van der Waals surface area contributed by atoms with Gasteiger partial charge < -0.3 is 0 Å². The summed E-state index contributed by atoms with van der Waals surface area (Å²) >= 11 is 0. The van der Waals surface area contributed by atoms with Crippen molar-refractivity contribution >= 4 is 21.6 Å². The summed E-state index contributed by atoms with van der Waals surface area (Å²) in [7, 11) is 6.12. The summed E-state index contributed by atoms with van der Waals surface area (Å²) in [6, 6.07) is 0. The van der Waals surface area contributed by atoms with Crippen molar-refractivity contribution in [3.63, 3.8) is 0 Å². The van der Waals surface area contributed by atoms with Crippen molar-refractivity contribution < 1.29 is 0 Å². The zero-order valence-corrected chi connectivity index (χ0v) is 9.67. The van der Waals surface area contributed by atoms with Crippen molar-refractivity contribution in [3.8, 4) is 0 Å². The highest BCUT2D eigenvalue weighted by molar-refractivity contribution is 8.77. The van der Waals surface area contributed by atoms with Gasteiger partial charge in [-0.15, -0.1) is 0 Å². The van der Waals surface area contributed by atoms with Gasteiger partial charge in [0, 0.05) is 18.3 Å². The zero-order valence-electron chi connectivity index (χ0n) is 8.04. The Balaban J connectivity index is 2.13. The van der Waals surface area contributed by atoms with Gasteiger partial charge in [-0.05, 0) is 13.5 Å². The van der Waals surface area contributed by atoms with Gasteiger partial charge in [0.05, 0.1) is 0 Å². The van der Waals surface area contributed by atoms with Gasteiger partial charge in [0.15, 0.2) is 0 Å². The van der Waals surface area contributed by atoms with E-state index in [1.54, 1.807) is 0 Å². The molecule has 0 amide bonds. The van der Waals surface area contributed by atoms with E-state index in [-0.39, 0.29) is 0 Å². The zero-order chi connectivity index (χ0) is 8.97. The van der Waals surface area contributed by atoms with Crippen LogP contribution in [-0.2, 0) is 0 Å². The van der Waals surface area contributed by atoms with Crippen LogP contribution in [0.4, 0.5) is 0 Å². The van der Waals surface area contributed by atoms with E-state index >= 15 is 0 Å². The second kappa shape index (κ2) is 5.37. The van der Waals surface area contributed by atoms with Crippen LogP contribution < -0.4 is 5.32 Å². The van der Waals surface area contributed by atoms with Gasteiger partial charge in [-0.3, -0.25) is 10.2 Å². The number of likely N-dealkylation sites (N-methyl/N-ethyl adjacent to an activating group) is 1. The highest BCUT2D eigenvalue weighted by atomic mass is 33.1. The molecule has 2 nitrogen and oxygen atoms in total. The van der Waals surface area contributed by atoms with Gasteiger partial charge in [0.1, 0.15) is 5.50 Å². The maximum absolute atomic E-state index is 3.45. The van der Waals surface area contributed by atoms with Crippen LogP contribution in [0.5, 0.6) is 0 Å². The lowest BCUT2D eigenvalue weighted by Crippen LogP contribution is -2.28. The molecule has 12 heavy (non-hydrogen) atoms. The smallest absolute Gasteiger partial charge is 0.118 e. The Morgan fingerprint density at radius 1 is 1.67 bits per heavy atom. The van der Waals surface area contributed by atoms with E-state index in [1.165, 1.54) is 13.0 Å². The van der Waals surface area contributed by atoms with Gasteiger partial charge in [0.2, 0.25) is 0 Å². The van der Waals surface area contributed by atoms with Crippen molar-refractivity contribution in [3.05, 3.63) is 0 Å². The van der Waals surface area contributed by atoms with Crippen LogP contribution in [0.15, 0.2) is 0 Å².